The van der Waals surface area contributed by atoms with Gasteiger partial charge >= 0.3 is 5.97 Å². The second-order valence-corrected chi connectivity index (χ2v) is 4.54. The number of carbonyl (C=O) groups is 3. The van der Waals surface area contributed by atoms with Crippen molar-refractivity contribution in [2.45, 2.75) is 18.9 Å². The summed E-state index contributed by atoms with van der Waals surface area (Å²) in [4.78, 5) is 34.6. The molecule has 1 aliphatic rings. The third-order valence-corrected chi connectivity index (χ3v) is 3.14. The summed E-state index contributed by atoms with van der Waals surface area (Å²) in [6.07, 6.45) is -0.416. The van der Waals surface area contributed by atoms with E-state index in [1.807, 2.05) is 0 Å². The van der Waals surface area contributed by atoms with Crippen molar-refractivity contribution in [2.24, 2.45) is 11.7 Å². The van der Waals surface area contributed by atoms with Crippen LogP contribution in [0.3, 0.4) is 0 Å². The first kappa shape index (κ1) is 15.4. The number of rotatable bonds is 6. The van der Waals surface area contributed by atoms with Crippen molar-refractivity contribution in [2.75, 3.05) is 26.2 Å². The highest BCUT2D eigenvalue weighted by molar-refractivity contribution is 5.80. The number of nitrogens with one attached hydrogen (secondary N) is 1. The van der Waals surface area contributed by atoms with Crippen molar-refractivity contribution in [1.82, 2.24) is 10.2 Å². The zero-order chi connectivity index (χ0) is 14.4. The molecular weight excluding hydrogens is 254 g/mol. The quantitative estimate of drug-likeness (QED) is 0.432. The van der Waals surface area contributed by atoms with Gasteiger partial charge in [0.1, 0.15) is 6.10 Å². The molecule has 0 bridgehead atoms. The normalized spacial score (nSPS) is 18.1. The molecule has 0 aromatic carbocycles. The molecule has 0 radical (unpaired) electrons. The SMILES string of the molecule is NC(=O)C(O)CNCC(=O)N1CCC(C(=O)O)CC1. The van der Waals surface area contributed by atoms with Gasteiger partial charge in [0.25, 0.3) is 0 Å². The molecule has 108 valence electrons. The van der Waals surface area contributed by atoms with Crippen molar-refractivity contribution in [1.29, 1.82) is 0 Å². The van der Waals surface area contributed by atoms with Crippen LogP contribution in [0, 0.1) is 5.92 Å². The molecule has 1 heterocycles. The third kappa shape index (κ3) is 4.84. The van der Waals surface area contributed by atoms with E-state index in [9.17, 15) is 14.4 Å². The van der Waals surface area contributed by atoms with Crippen LogP contribution in [0.2, 0.25) is 0 Å². The highest BCUT2D eigenvalue weighted by Gasteiger charge is 2.26. The molecule has 2 amide bonds. The van der Waals surface area contributed by atoms with Gasteiger partial charge in [0.2, 0.25) is 11.8 Å². The molecule has 5 N–H and O–H groups in total. The maximum atomic E-state index is 11.7. The standard InChI is InChI=1S/C11H19N3O5/c12-10(17)8(15)5-13-6-9(16)14-3-1-7(2-4-14)11(18)19/h7-8,13,15H,1-6H2,(H2,12,17)(H,18,19). The minimum atomic E-state index is -1.31. The molecule has 19 heavy (non-hydrogen) atoms. The van der Waals surface area contributed by atoms with E-state index in [4.69, 9.17) is 15.9 Å². The van der Waals surface area contributed by atoms with E-state index in [-0.39, 0.29) is 24.9 Å². The minimum Gasteiger partial charge on any atom is -0.481 e. The van der Waals surface area contributed by atoms with Gasteiger partial charge in [-0.15, -0.1) is 0 Å². The third-order valence-electron chi connectivity index (χ3n) is 3.14. The smallest absolute Gasteiger partial charge is 0.306 e. The van der Waals surface area contributed by atoms with Crippen LogP contribution in [-0.2, 0) is 14.4 Å². The zero-order valence-electron chi connectivity index (χ0n) is 10.5. The van der Waals surface area contributed by atoms with E-state index in [2.05, 4.69) is 5.32 Å². The fourth-order valence-corrected chi connectivity index (χ4v) is 1.90. The summed E-state index contributed by atoms with van der Waals surface area (Å²) >= 11 is 0. The summed E-state index contributed by atoms with van der Waals surface area (Å²) in [7, 11) is 0. The van der Waals surface area contributed by atoms with Crippen LogP contribution in [0.5, 0.6) is 0 Å². The number of aliphatic carboxylic acids is 1. The highest BCUT2D eigenvalue weighted by atomic mass is 16.4. The van der Waals surface area contributed by atoms with Gasteiger partial charge in [0, 0.05) is 19.6 Å². The van der Waals surface area contributed by atoms with Crippen molar-refractivity contribution in [3.05, 3.63) is 0 Å². The van der Waals surface area contributed by atoms with Crippen LogP contribution in [0.1, 0.15) is 12.8 Å². The number of likely N-dealkylation sites (tertiary alicyclic amines) is 1. The molecule has 1 unspecified atom stereocenters. The highest BCUT2D eigenvalue weighted by Crippen LogP contribution is 2.16. The van der Waals surface area contributed by atoms with E-state index in [0.29, 0.717) is 25.9 Å². The first-order chi connectivity index (χ1) is 8.91. The van der Waals surface area contributed by atoms with Crippen LogP contribution < -0.4 is 11.1 Å². The van der Waals surface area contributed by atoms with Gasteiger partial charge in [0.05, 0.1) is 12.5 Å². The molecule has 8 nitrogen and oxygen atoms in total. The number of carbonyl (C=O) groups excluding carboxylic acids is 2. The Bertz CT molecular complexity index is 352. The maximum absolute atomic E-state index is 11.7. The Kier molecular flexibility index (Phi) is 5.71. The number of nitrogens with two attached hydrogens (primary N) is 1. The predicted molar refractivity (Wildman–Crippen MR) is 65.0 cm³/mol. The second-order valence-electron chi connectivity index (χ2n) is 4.54. The van der Waals surface area contributed by atoms with Gasteiger partial charge in [-0.2, -0.15) is 0 Å². The summed E-state index contributed by atoms with van der Waals surface area (Å²) in [5.41, 5.74) is 4.86. The maximum Gasteiger partial charge on any atom is 0.306 e. The molecular formula is C11H19N3O5. The molecule has 1 saturated heterocycles. The van der Waals surface area contributed by atoms with Gasteiger partial charge in [-0.1, -0.05) is 0 Å². The Labute approximate surface area is 110 Å². The van der Waals surface area contributed by atoms with E-state index >= 15 is 0 Å². The van der Waals surface area contributed by atoms with E-state index in [1.165, 1.54) is 0 Å². The van der Waals surface area contributed by atoms with Crippen LogP contribution >= 0.6 is 0 Å². The Morgan fingerprint density at radius 2 is 1.89 bits per heavy atom. The molecule has 1 fully saturated rings. The predicted octanol–water partition coefficient (Wildman–Crippen LogP) is -2.25. The van der Waals surface area contributed by atoms with Gasteiger partial charge in [-0.05, 0) is 12.8 Å². The average molecular weight is 273 g/mol. The number of aliphatic hydroxyl groups is 1. The van der Waals surface area contributed by atoms with Crippen LogP contribution in [0.15, 0.2) is 0 Å². The number of nitrogens with zero attached hydrogens (tertiary/aromatic N) is 1. The van der Waals surface area contributed by atoms with Crippen molar-refractivity contribution in [3.8, 4) is 0 Å². The van der Waals surface area contributed by atoms with Crippen LogP contribution in [-0.4, -0.2) is 65.2 Å². The Morgan fingerprint density at radius 3 is 2.37 bits per heavy atom. The molecule has 0 aromatic rings. The largest absolute Gasteiger partial charge is 0.481 e. The van der Waals surface area contributed by atoms with Crippen LogP contribution in [0.25, 0.3) is 0 Å². The lowest BCUT2D eigenvalue weighted by Gasteiger charge is -2.30. The first-order valence-corrected chi connectivity index (χ1v) is 6.10. The number of carboxylic acid groups (broad SMARTS) is 1. The summed E-state index contributed by atoms with van der Waals surface area (Å²) in [6.45, 7) is 0.737. The summed E-state index contributed by atoms with van der Waals surface area (Å²) in [5, 5.41) is 20.6. The van der Waals surface area contributed by atoms with Crippen molar-refractivity contribution >= 4 is 17.8 Å². The number of hydrogen-bond donors (Lipinski definition) is 4. The molecule has 0 aromatic heterocycles. The summed E-state index contributed by atoms with van der Waals surface area (Å²) < 4.78 is 0. The molecule has 1 rings (SSSR count). The molecule has 1 aliphatic heterocycles. The van der Waals surface area contributed by atoms with E-state index in [1.54, 1.807) is 4.90 Å². The fraction of sp³-hybridized carbons (Fsp3) is 0.727. The van der Waals surface area contributed by atoms with Crippen molar-refractivity contribution in [3.63, 3.8) is 0 Å². The van der Waals surface area contributed by atoms with Crippen molar-refractivity contribution < 1.29 is 24.6 Å². The monoisotopic (exact) mass is 273 g/mol. The molecule has 1 atom stereocenters. The number of hydrogen-bond acceptors (Lipinski definition) is 5. The lowest BCUT2D eigenvalue weighted by molar-refractivity contribution is -0.145. The molecule has 0 aliphatic carbocycles. The minimum absolute atomic E-state index is 0.0118. The van der Waals surface area contributed by atoms with Gasteiger partial charge in [-0.25, -0.2) is 0 Å². The first-order valence-electron chi connectivity index (χ1n) is 6.10. The van der Waals surface area contributed by atoms with Gasteiger partial charge in [-0.3, -0.25) is 14.4 Å². The van der Waals surface area contributed by atoms with E-state index in [0.717, 1.165) is 0 Å². The lowest BCUT2D eigenvalue weighted by atomic mass is 9.97. The second kappa shape index (κ2) is 7.05. The lowest BCUT2D eigenvalue weighted by Crippen LogP contribution is -2.46. The molecule has 0 spiro atoms. The van der Waals surface area contributed by atoms with E-state index < -0.39 is 18.0 Å². The molecule has 8 heteroatoms. The zero-order valence-corrected chi connectivity index (χ0v) is 10.5. The topological polar surface area (TPSA) is 133 Å². The van der Waals surface area contributed by atoms with Gasteiger partial charge < -0.3 is 26.2 Å². The van der Waals surface area contributed by atoms with Crippen LogP contribution in [0.4, 0.5) is 0 Å². The fourth-order valence-electron chi connectivity index (χ4n) is 1.90. The molecule has 0 saturated carbocycles. The summed E-state index contributed by atoms with van der Waals surface area (Å²) in [5.74, 6) is -2.23. The number of primary amides is 1. The summed E-state index contributed by atoms with van der Waals surface area (Å²) in [6, 6.07) is 0. The number of piperidine rings is 1. The Hall–Kier alpha value is -1.67. The number of carboxylic acids is 1. The van der Waals surface area contributed by atoms with Gasteiger partial charge in [0.15, 0.2) is 0 Å². The average Bonchev–Trinajstić information content (AvgIpc) is 2.38. The number of aliphatic hydroxyl groups excluding tert-OH is 1. The number of amides is 2. The Morgan fingerprint density at radius 1 is 1.32 bits per heavy atom. The Balaban J connectivity index is 2.24.